The fourth-order valence-electron chi connectivity index (χ4n) is 3.24. The molecular weight excluding hydrogens is 403 g/mol. The molecule has 0 N–H and O–H groups in total. The van der Waals surface area contributed by atoms with Crippen molar-refractivity contribution >= 4 is 22.7 Å². The van der Waals surface area contributed by atoms with Gasteiger partial charge < -0.3 is 19.1 Å². The number of benzene rings is 1. The number of amides is 1. The van der Waals surface area contributed by atoms with Crippen LogP contribution in [0.3, 0.4) is 0 Å². The van der Waals surface area contributed by atoms with Gasteiger partial charge in [0, 0.05) is 37.6 Å². The molecule has 1 aliphatic heterocycles. The standard InChI is InChI=1S/C19H18F3N5O3/c20-19(21,22)11-29-17-10-16(23-12-24-17)26-5-7-27(8-6-26)18(28)9-14-13-3-1-2-4-15(13)30-25-14/h1-4,10,12H,5-9,11H2. The second kappa shape index (κ2) is 8.17. The predicted octanol–water partition coefficient (Wildman–Crippen LogP) is 2.45. The van der Waals surface area contributed by atoms with Gasteiger partial charge in [0.1, 0.15) is 17.8 Å². The van der Waals surface area contributed by atoms with E-state index in [-0.39, 0.29) is 18.2 Å². The lowest BCUT2D eigenvalue weighted by atomic mass is 10.1. The smallest absolute Gasteiger partial charge is 0.422 e. The maximum atomic E-state index is 12.7. The Morgan fingerprint density at radius 1 is 1.13 bits per heavy atom. The normalized spacial score (nSPS) is 14.9. The van der Waals surface area contributed by atoms with E-state index in [2.05, 4.69) is 19.9 Å². The summed E-state index contributed by atoms with van der Waals surface area (Å²) in [5.41, 5.74) is 1.23. The fraction of sp³-hybridized carbons (Fsp3) is 0.368. The number of fused-ring (bicyclic) bond motifs is 1. The molecule has 1 amide bonds. The molecule has 1 aromatic carbocycles. The Labute approximate surface area is 169 Å². The van der Waals surface area contributed by atoms with E-state index in [4.69, 9.17) is 4.52 Å². The summed E-state index contributed by atoms with van der Waals surface area (Å²) < 4.78 is 46.8. The third kappa shape index (κ3) is 4.61. The predicted molar refractivity (Wildman–Crippen MR) is 100 cm³/mol. The monoisotopic (exact) mass is 421 g/mol. The molecule has 11 heteroatoms. The van der Waals surface area contributed by atoms with Crippen molar-refractivity contribution in [2.75, 3.05) is 37.7 Å². The van der Waals surface area contributed by atoms with Crippen molar-refractivity contribution in [3.05, 3.63) is 42.4 Å². The van der Waals surface area contributed by atoms with Crippen LogP contribution in [0.4, 0.5) is 19.0 Å². The average molecular weight is 421 g/mol. The van der Waals surface area contributed by atoms with Gasteiger partial charge in [-0.3, -0.25) is 4.79 Å². The van der Waals surface area contributed by atoms with Crippen molar-refractivity contribution < 1.29 is 27.2 Å². The van der Waals surface area contributed by atoms with Crippen LogP contribution < -0.4 is 9.64 Å². The van der Waals surface area contributed by atoms with Gasteiger partial charge in [-0.2, -0.15) is 13.2 Å². The molecule has 158 valence electrons. The Morgan fingerprint density at radius 3 is 2.67 bits per heavy atom. The van der Waals surface area contributed by atoms with Gasteiger partial charge in [0.05, 0.1) is 6.42 Å². The van der Waals surface area contributed by atoms with Crippen LogP contribution in [-0.4, -0.2) is 64.9 Å². The number of alkyl halides is 3. The number of nitrogens with zero attached hydrogens (tertiary/aromatic N) is 5. The molecule has 30 heavy (non-hydrogen) atoms. The molecule has 3 aromatic rings. The van der Waals surface area contributed by atoms with Crippen molar-refractivity contribution in [1.29, 1.82) is 0 Å². The van der Waals surface area contributed by atoms with E-state index in [9.17, 15) is 18.0 Å². The summed E-state index contributed by atoms with van der Waals surface area (Å²) in [4.78, 5) is 24.1. The number of para-hydroxylation sites is 1. The zero-order valence-electron chi connectivity index (χ0n) is 15.8. The molecule has 0 unspecified atom stereocenters. The van der Waals surface area contributed by atoms with Gasteiger partial charge in [-0.05, 0) is 12.1 Å². The largest absolute Gasteiger partial charge is 0.468 e. The first-order valence-corrected chi connectivity index (χ1v) is 9.27. The highest BCUT2D eigenvalue weighted by atomic mass is 19.4. The molecule has 8 nitrogen and oxygen atoms in total. The minimum atomic E-state index is -4.44. The number of piperazine rings is 1. The van der Waals surface area contributed by atoms with Crippen molar-refractivity contribution in [2.24, 2.45) is 0 Å². The topological polar surface area (TPSA) is 84.6 Å². The van der Waals surface area contributed by atoms with Crippen molar-refractivity contribution in [1.82, 2.24) is 20.0 Å². The van der Waals surface area contributed by atoms with Gasteiger partial charge in [-0.15, -0.1) is 0 Å². The summed E-state index contributed by atoms with van der Waals surface area (Å²) in [7, 11) is 0. The second-order valence-electron chi connectivity index (χ2n) is 6.79. The molecule has 0 bridgehead atoms. The quantitative estimate of drug-likeness (QED) is 0.626. The number of rotatable bonds is 5. The lowest BCUT2D eigenvalue weighted by Gasteiger charge is -2.35. The Kier molecular flexibility index (Phi) is 5.42. The van der Waals surface area contributed by atoms with Crippen LogP contribution >= 0.6 is 0 Å². The van der Waals surface area contributed by atoms with E-state index >= 15 is 0 Å². The molecule has 0 saturated carbocycles. The van der Waals surface area contributed by atoms with Crippen molar-refractivity contribution in [3.8, 4) is 5.88 Å². The molecule has 3 heterocycles. The molecule has 0 aliphatic carbocycles. The summed E-state index contributed by atoms with van der Waals surface area (Å²) >= 11 is 0. The highest BCUT2D eigenvalue weighted by Gasteiger charge is 2.29. The SMILES string of the molecule is O=C(Cc1noc2ccccc12)N1CCN(c2cc(OCC(F)(F)F)ncn2)CC1. The van der Waals surface area contributed by atoms with Crippen LogP contribution in [0.2, 0.25) is 0 Å². The highest BCUT2D eigenvalue weighted by molar-refractivity contribution is 5.86. The molecule has 0 radical (unpaired) electrons. The number of hydrogen-bond acceptors (Lipinski definition) is 7. The second-order valence-corrected chi connectivity index (χ2v) is 6.79. The third-order valence-electron chi connectivity index (χ3n) is 4.74. The van der Waals surface area contributed by atoms with E-state index in [0.717, 1.165) is 11.7 Å². The van der Waals surface area contributed by atoms with Crippen molar-refractivity contribution in [3.63, 3.8) is 0 Å². The summed E-state index contributed by atoms with van der Waals surface area (Å²) in [6.45, 7) is 0.471. The maximum absolute atomic E-state index is 12.7. The first kappa shape index (κ1) is 19.9. The first-order chi connectivity index (χ1) is 14.4. The van der Waals surface area contributed by atoms with Crippen LogP contribution in [-0.2, 0) is 11.2 Å². The molecule has 0 spiro atoms. The lowest BCUT2D eigenvalue weighted by Crippen LogP contribution is -2.49. The number of halogens is 3. The minimum Gasteiger partial charge on any atom is -0.468 e. The summed E-state index contributed by atoms with van der Waals surface area (Å²) in [6, 6.07) is 8.72. The zero-order chi connectivity index (χ0) is 21.1. The summed E-state index contributed by atoms with van der Waals surface area (Å²) in [5, 5.41) is 4.81. The van der Waals surface area contributed by atoms with Crippen LogP contribution in [0.25, 0.3) is 11.0 Å². The van der Waals surface area contributed by atoms with Gasteiger partial charge in [0.2, 0.25) is 11.8 Å². The van der Waals surface area contributed by atoms with Gasteiger partial charge in [0.15, 0.2) is 12.2 Å². The van der Waals surface area contributed by atoms with Gasteiger partial charge in [-0.1, -0.05) is 17.3 Å². The molecule has 4 rings (SSSR count). The number of hydrogen-bond donors (Lipinski definition) is 0. The maximum Gasteiger partial charge on any atom is 0.422 e. The molecule has 1 saturated heterocycles. The van der Waals surface area contributed by atoms with E-state index in [1.54, 1.807) is 11.0 Å². The van der Waals surface area contributed by atoms with Gasteiger partial charge >= 0.3 is 6.18 Å². The van der Waals surface area contributed by atoms with Crippen LogP contribution in [0.1, 0.15) is 5.69 Å². The van der Waals surface area contributed by atoms with Gasteiger partial charge in [-0.25, -0.2) is 9.97 Å². The van der Waals surface area contributed by atoms with Crippen molar-refractivity contribution in [2.45, 2.75) is 12.6 Å². The first-order valence-electron chi connectivity index (χ1n) is 9.27. The molecule has 1 aliphatic rings. The molecule has 0 atom stereocenters. The minimum absolute atomic E-state index is 0.0643. The number of ether oxygens (including phenoxy) is 1. The summed E-state index contributed by atoms with van der Waals surface area (Å²) in [5.74, 6) is 0.246. The lowest BCUT2D eigenvalue weighted by molar-refractivity contribution is -0.154. The van der Waals surface area contributed by atoms with Crippen LogP contribution in [0, 0.1) is 0 Å². The van der Waals surface area contributed by atoms with Crippen LogP contribution in [0.5, 0.6) is 5.88 Å². The number of anilines is 1. The Bertz CT molecular complexity index is 1030. The van der Waals surface area contributed by atoms with Gasteiger partial charge in [0.25, 0.3) is 0 Å². The molecule has 2 aromatic heterocycles. The number of carbonyl (C=O) groups is 1. The average Bonchev–Trinajstić information content (AvgIpc) is 3.15. The number of carbonyl (C=O) groups excluding carboxylic acids is 1. The van der Waals surface area contributed by atoms with E-state index in [1.165, 1.54) is 6.07 Å². The molecule has 1 fully saturated rings. The number of aromatic nitrogens is 3. The Morgan fingerprint density at radius 2 is 1.90 bits per heavy atom. The van der Waals surface area contributed by atoms with E-state index < -0.39 is 12.8 Å². The Balaban J connectivity index is 1.34. The molecular formula is C19H18F3N5O3. The highest BCUT2D eigenvalue weighted by Crippen LogP contribution is 2.22. The fourth-order valence-corrected chi connectivity index (χ4v) is 3.24. The van der Waals surface area contributed by atoms with Crippen LogP contribution in [0.15, 0.2) is 41.2 Å². The zero-order valence-corrected chi connectivity index (χ0v) is 15.8. The Hall–Kier alpha value is -3.37. The third-order valence-corrected chi connectivity index (χ3v) is 4.74. The summed E-state index contributed by atoms with van der Waals surface area (Å²) in [6.07, 6.45) is -3.14. The van der Waals surface area contributed by atoms with E-state index in [0.29, 0.717) is 43.3 Å². The van der Waals surface area contributed by atoms with E-state index in [1.807, 2.05) is 23.1 Å².